The third-order valence-electron chi connectivity index (χ3n) is 4.24. The molecule has 3 aromatic rings. The molecule has 0 unspecified atom stereocenters. The van der Waals surface area contributed by atoms with E-state index in [1.165, 1.54) is 13.3 Å². The van der Waals surface area contributed by atoms with Crippen molar-refractivity contribution in [2.75, 3.05) is 37.2 Å². The number of hydrogen-bond acceptors (Lipinski definition) is 8. The first-order valence-corrected chi connectivity index (χ1v) is 8.73. The first-order chi connectivity index (χ1) is 13.8. The summed E-state index contributed by atoms with van der Waals surface area (Å²) in [7, 11) is 5.10. The van der Waals surface area contributed by atoms with Crippen LogP contribution in [0.3, 0.4) is 0 Å². The second-order valence-corrected chi connectivity index (χ2v) is 6.50. The van der Waals surface area contributed by atoms with Gasteiger partial charge in [0, 0.05) is 37.7 Å². The molecular weight excluding hydrogens is 370 g/mol. The molecule has 0 spiro atoms. The number of nitrogens with zero attached hydrogens (tertiary/aromatic N) is 5. The average Bonchev–Trinajstić information content (AvgIpc) is 3.03. The number of nitrogen functional groups attached to an aromatic ring is 1. The van der Waals surface area contributed by atoms with E-state index in [0.29, 0.717) is 17.3 Å². The van der Waals surface area contributed by atoms with Crippen LogP contribution in [0.2, 0.25) is 0 Å². The van der Waals surface area contributed by atoms with Gasteiger partial charge in [0.15, 0.2) is 5.69 Å². The molecule has 2 heterocycles. The van der Waals surface area contributed by atoms with E-state index in [9.17, 15) is 10.1 Å². The highest BCUT2D eigenvalue weighted by atomic mass is 16.5. The number of benzene rings is 1. The summed E-state index contributed by atoms with van der Waals surface area (Å²) in [6.45, 7) is 1.83. The van der Waals surface area contributed by atoms with Crippen LogP contribution in [0.15, 0.2) is 36.5 Å². The number of ether oxygens (including phenoxy) is 1. The Kier molecular flexibility index (Phi) is 5.36. The minimum absolute atomic E-state index is 0.0919. The Balaban J connectivity index is 1.92. The number of nitrogens with two attached hydrogens (primary N) is 1. The highest BCUT2D eigenvalue weighted by Gasteiger charge is 2.21. The van der Waals surface area contributed by atoms with Gasteiger partial charge in [-0.15, -0.1) is 0 Å². The lowest BCUT2D eigenvalue weighted by Crippen LogP contribution is -2.12. The molecule has 0 aliphatic rings. The van der Waals surface area contributed by atoms with Gasteiger partial charge in [-0.05, 0) is 31.2 Å². The molecule has 0 aliphatic carbocycles. The van der Waals surface area contributed by atoms with E-state index in [2.05, 4.69) is 15.3 Å². The summed E-state index contributed by atoms with van der Waals surface area (Å²) in [6.07, 6.45) is 1.52. The topological polar surface area (TPSA) is 122 Å². The van der Waals surface area contributed by atoms with Crippen LogP contribution in [0.5, 0.6) is 0 Å². The number of carbonyl (C=O) groups excluding carboxylic acids is 1. The Labute approximate surface area is 168 Å². The number of nitriles is 1. The van der Waals surface area contributed by atoms with Crippen LogP contribution in [0, 0.1) is 18.3 Å². The maximum Gasteiger partial charge on any atom is 0.357 e. The molecule has 148 valence electrons. The van der Waals surface area contributed by atoms with Crippen LogP contribution in [-0.2, 0) is 4.74 Å². The molecule has 3 N–H and O–H groups in total. The fourth-order valence-electron chi connectivity index (χ4n) is 2.82. The highest BCUT2D eigenvalue weighted by Crippen LogP contribution is 2.26. The predicted molar refractivity (Wildman–Crippen MR) is 111 cm³/mol. The zero-order valence-electron chi connectivity index (χ0n) is 16.6. The number of nitrogens with one attached hydrogen (secondary N) is 1. The zero-order chi connectivity index (χ0) is 21.1. The van der Waals surface area contributed by atoms with Gasteiger partial charge in [-0.1, -0.05) is 0 Å². The quantitative estimate of drug-likeness (QED) is 0.637. The lowest BCUT2D eigenvalue weighted by molar-refractivity contribution is 0.0593. The van der Waals surface area contributed by atoms with Crippen molar-refractivity contribution in [3.8, 4) is 11.8 Å². The number of aromatic nitrogens is 3. The van der Waals surface area contributed by atoms with Gasteiger partial charge < -0.3 is 25.3 Å². The summed E-state index contributed by atoms with van der Waals surface area (Å²) in [4.78, 5) is 22.8. The molecule has 0 saturated carbocycles. The summed E-state index contributed by atoms with van der Waals surface area (Å²) in [5.41, 5.74) is 7.82. The number of anilines is 4. The zero-order valence-corrected chi connectivity index (χ0v) is 16.6. The average molecular weight is 391 g/mol. The van der Waals surface area contributed by atoms with Crippen LogP contribution in [0.25, 0.3) is 5.69 Å². The maximum absolute atomic E-state index is 12.1. The van der Waals surface area contributed by atoms with Crippen molar-refractivity contribution in [2.24, 2.45) is 0 Å². The largest absolute Gasteiger partial charge is 0.464 e. The van der Waals surface area contributed by atoms with E-state index >= 15 is 0 Å². The molecule has 9 heteroatoms. The molecule has 0 amide bonds. The Morgan fingerprint density at radius 2 is 1.97 bits per heavy atom. The van der Waals surface area contributed by atoms with E-state index in [1.54, 1.807) is 16.7 Å². The molecule has 2 aromatic heterocycles. The summed E-state index contributed by atoms with van der Waals surface area (Å²) in [6, 6.07) is 11.1. The van der Waals surface area contributed by atoms with Gasteiger partial charge in [-0.3, -0.25) is 0 Å². The number of hydrogen-bond donors (Lipinski definition) is 2. The molecule has 0 atom stereocenters. The molecule has 29 heavy (non-hydrogen) atoms. The van der Waals surface area contributed by atoms with Crippen LogP contribution in [-0.4, -0.2) is 41.7 Å². The molecular formula is C20H21N7O2. The van der Waals surface area contributed by atoms with Crippen molar-refractivity contribution in [3.63, 3.8) is 0 Å². The van der Waals surface area contributed by atoms with E-state index < -0.39 is 5.97 Å². The fourth-order valence-corrected chi connectivity index (χ4v) is 2.82. The number of methoxy groups -OCH3 is 1. The molecule has 0 fully saturated rings. The second-order valence-electron chi connectivity index (χ2n) is 6.50. The van der Waals surface area contributed by atoms with Crippen LogP contribution < -0.4 is 16.0 Å². The molecule has 0 saturated heterocycles. The van der Waals surface area contributed by atoms with E-state index in [0.717, 1.165) is 11.5 Å². The number of esters is 1. The van der Waals surface area contributed by atoms with Crippen molar-refractivity contribution >= 4 is 29.0 Å². The van der Waals surface area contributed by atoms with Crippen molar-refractivity contribution < 1.29 is 9.53 Å². The summed E-state index contributed by atoms with van der Waals surface area (Å²) >= 11 is 0. The lowest BCUT2D eigenvalue weighted by atomic mass is 10.2. The van der Waals surface area contributed by atoms with Crippen LogP contribution in [0.4, 0.5) is 23.0 Å². The number of carbonyl (C=O) groups is 1. The SMILES string of the molecule is COC(=O)c1c(N)c(C#N)cn1-c1ccc(Nc2cc(N(C)C)nc(C)n2)cc1. The monoisotopic (exact) mass is 391 g/mol. The third kappa shape index (κ3) is 3.96. The maximum atomic E-state index is 12.1. The van der Waals surface area contributed by atoms with Gasteiger partial charge in [-0.2, -0.15) is 5.26 Å². The standard InChI is InChI=1S/C20H21N7O2/c1-12-23-16(9-17(24-12)26(2)3)25-14-5-7-15(8-6-14)27-11-13(10-21)18(22)19(27)20(28)29-4/h5-9,11H,22H2,1-4H3,(H,23,24,25). The van der Waals surface area contributed by atoms with E-state index in [4.69, 9.17) is 10.5 Å². The number of rotatable bonds is 5. The normalized spacial score (nSPS) is 10.3. The molecule has 0 bridgehead atoms. The molecule has 3 rings (SSSR count). The van der Waals surface area contributed by atoms with Gasteiger partial charge in [0.05, 0.1) is 18.4 Å². The number of aryl methyl sites for hydroxylation is 1. The Morgan fingerprint density at radius 3 is 2.55 bits per heavy atom. The van der Waals surface area contributed by atoms with Crippen LogP contribution >= 0.6 is 0 Å². The molecule has 0 radical (unpaired) electrons. The molecule has 9 nitrogen and oxygen atoms in total. The van der Waals surface area contributed by atoms with E-state index in [-0.39, 0.29) is 16.9 Å². The van der Waals surface area contributed by atoms with Crippen LogP contribution in [0.1, 0.15) is 21.9 Å². The smallest absolute Gasteiger partial charge is 0.357 e. The summed E-state index contributed by atoms with van der Waals surface area (Å²) in [5.74, 6) is 1.51. The first kappa shape index (κ1) is 19.7. The Bertz CT molecular complexity index is 1100. The third-order valence-corrected chi connectivity index (χ3v) is 4.24. The van der Waals surface area contributed by atoms with Gasteiger partial charge in [0.2, 0.25) is 0 Å². The Morgan fingerprint density at radius 1 is 1.28 bits per heavy atom. The van der Waals surface area contributed by atoms with Crippen molar-refractivity contribution in [1.29, 1.82) is 5.26 Å². The van der Waals surface area contributed by atoms with Gasteiger partial charge in [0.25, 0.3) is 0 Å². The van der Waals surface area contributed by atoms with Crippen molar-refractivity contribution in [1.82, 2.24) is 14.5 Å². The predicted octanol–water partition coefficient (Wildman–Crippen LogP) is 2.63. The fraction of sp³-hybridized carbons (Fsp3) is 0.200. The second kappa shape index (κ2) is 7.90. The minimum atomic E-state index is -0.612. The van der Waals surface area contributed by atoms with Crippen molar-refractivity contribution in [3.05, 3.63) is 53.6 Å². The molecule has 1 aromatic carbocycles. The van der Waals surface area contributed by atoms with Gasteiger partial charge >= 0.3 is 5.97 Å². The summed E-state index contributed by atoms with van der Waals surface area (Å²) < 4.78 is 6.35. The first-order valence-electron chi connectivity index (χ1n) is 8.73. The van der Waals surface area contributed by atoms with Gasteiger partial charge in [0.1, 0.15) is 23.5 Å². The minimum Gasteiger partial charge on any atom is -0.464 e. The van der Waals surface area contributed by atoms with Crippen molar-refractivity contribution in [2.45, 2.75) is 6.92 Å². The summed E-state index contributed by atoms with van der Waals surface area (Å²) in [5, 5.41) is 12.5. The Hall–Kier alpha value is -4.06. The van der Waals surface area contributed by atoms with E-state index in [1.807, 2.05) is 50.2 Å². The lowest BCUT2D eigenvalue weighted by Gasteiger charge is -2.14. The molecule has 0 aliphatic heterocycles. The van der Waals surface area contributed by atoms with Gasteiger partial charge in [-0.25, -0.2) is 14.8 Å². The highest BCUT2D eigenvalue weighted by molar-refractivity contribution is 5.96.